The van der Waals surface area contributed by atoms with Gasteiger partial charge in [-0.05, 0) is 18.1 Å². The van der Waals surface area contributed by atoms with Gasteiger partial charge in [0, 0.05) is 12.0 Å². The molecule has 1 atom stereocenters. The van der Waals surface area contributed by atoms with Crippen molar-refractivity contribution < 1.29 is 8.78 Å². The van der Waals surface area contributed by atoms with Crippen molar-refractivity contribution in [3.63, 3.8) is 0 Å². The van der Waals surface area contributed by atoms with Crippen LogP contribution in [0.3, 0.4) is 0 Å². The zero-order valence-corrected chi connectivity index (χ0v) is 7.58. The van der Waals surface area contributed by atoms with Gasteiger partial charge in [0.05, 0.1) is 0 Å². The Morgan fingerprint density at radius 3 is 2.64 bits per heavy atom. The maximum atomic E-state index is 13.3. The van der Waals surface area contributed by atoms with Gasteiger partial charge in [-0.1, -0.05) is 30.4 Å². The highest BCUT2D eigenvalue weighted by molar-refractivity contribution is 5.30. The predicted molar refractivity (Wildman–Crippen MR) is 52.0 cm³/mol. The Balaban J connectivity index is 2.32. The second kappa shape index (κ2) is 3.74. The molecule has 1 aliphatic rings. The van der Waals surface area contributed by atoms with Crippen molar-refractivity contribution in [3.05, 3.63) is 59.7 Å². The van der Waals surface area contributed by atoms with Crippen molar-refractivity contribution in [1.29, 1.82) is 0 Å². The van der Waals surface area contributed by atoms with Crippen molar-refractivity contribution in [2.24, 2.45) is 0 Å². The summed E-state index contributed by atoms with van der Waals surface area (Å²) in [5.74, 6) is -0.947. The molecule has 0 aromatic heterocycles. The molecule has 0 radical (unpaired) electrons. The standard InChI is InChI=1S/C12H10F2/c13-10-6-7-11(12(14)8-10)9-4-2-1-3-5-9/h1-4,6-9H,5H2. The fourth-order valence-electron chi connectivity index (χ4n) is 1.61. The Labute approximate surface area is 81.6 Å². The van der Waals surface area contributed by atoms with Crippen LogP contribution in [0.1, 0.15) is 17.9 Å². The molecule has 0 heterocycles. The van der Waals surface area contributed by atoms with E-state index in [-0.39, 0.29) is 5.92 Å². The van der Waals surface area contributed by atoms with Gasteiger partial charge in [0.1, 0.15) is 11.6 Å². The van der Waals surface area contributed by atoms with Crippen molar-refractivity contribution in [3.8, 4) is 0 Å². The van der Waals surface area contributed by atoms with Crippen LogP contribution in [-0.4, -0.2) is 0 Å². The lowest BCUT2D eigenvalue weighted by molar-refractivity contribution is 0.566. The molecule has 1 aliphatic carbocycles. The molecule has 0 nitrogen and oxygen atoms in total. The summed E-state index contributed by atoms with van der Waals surface area (Å²) in [6, 6.07) is 3.74. The molecule has 0 fully saturated rings. The first kappa shape index (κ1) is 9.13. The van der Waals surface area contributed by atoms with Crippen LogP contribution >= 0.6 is 0 Å². The van der Waals surface area contributed by atoms with Crippen LogP contribution in [0.4, 0.5) is 8.78 Å². The summed E-state index contributed by atoms with van der Waals surface area (Å²) >= 11 is 0. The first-order chi connectivity index (χ1) is 6.77. The van der Waals surface area contributed by atoms with Gasteiger partial charge in [0.2, 0.25) is 0 Å². The molecule has 1 aromatic rings. The summed E-state index contributed by atoms with van der Waals surface area (Å²) in [6.07, 6.45) is 8.50. The molecule has 0 saturated heterocycles. The lowest BCUT2D eigenvalue weighted by atomic mass is 9.92. The smallest absolute Gasteiger partial charge is 0.129 e. The third-order valence-electron chi connectivity index (χ3n) is 2.34. The average Bonchev–Trinajstić information content (AvgIpc) is 2.19. The lowest BCUT2D eigenvalue weighted by Gasteiger charge is -2.13. The number of hydrogen-bond donors (Lipinski definition) is 0. The third kappa shape index (κ3) is 1.74. The normalized spacial score (nSPS) is 20.0. The zero-order valence-electron chi connectivity index (χ0n) is 7.58. The topological polar surface area (TPSA) is 0 Å². The van der Waals surface area contributed by atoms with E-state index in [1.54, 1.807) is 0 Å². The fourth-order valence-corrected chi connectivity index (χ4v) is 1.61. The van der Waals surface area contributed by atoms with Crippen molar-refractivity contribution in [1.82, 2.24) is 0 Å². The quantitative estimate of drug-likeness (QED) is 0.638. The minimum atomic E-state index is -0.526. The maximum absolute atomic E-state index is 13.3. The molecule has 0 bridgehead atoms. The predicted octanol–water partition coefficient (Wildman–Crippen LogP) is 3.56. The van der Waals surface area contributed by atoms with Gasteiger partial charge in [-0.25, -0.2) is 8.78 Å². The van der Waals surface area contributed by atoms with Crippen molar-refractivity contribution in [2.75, 3.05) is 0 Å². The molecule has 0 amide bonds. The van der Waals surface area contributed by atoms with Gasteiger partial charge in [0.25, 0.3) is 0 Å². The highest BCUT2D eigenvalue weighted by Gasteiger charge is 2.13. The van der Waals surface area contributed by atoms with Crippen LogP contribution in [0, 0.1) is 11.6 Å². The van der Waals surface area contributed by atoms with Gasteiger partial charge in [-0.2, -0.15) is 0 Å². The van der Waals surface area contributed by atoms with Crippen LogP contribution in [-0.2, 0) is 0 Å². The molecule has 14 heavy (non-hydrogen) atoms. The molecule has 1 aromatic carbocycles. The molecule has 0 saturated carbocycles. The fraction of sp³-hybridized carbons (Fsp3) is 0.167. The monoisotopic (exact) mass is 192 g/mol. The number of allylic oxidation sites excluding steroid dienone is 4. The van der Waals surface area contributed by atoms with E-state index in [1.807, 2.05) is 24.3 Å². The first-order valence-electron chi connectivity index (χ1n) is 4.55. The van der Waals surface area contributed by atoms with Crippen LogP contribution in [0.15, 0.2) is 42.5 Å². The van der Waals surface area contributed by atoms with Gasteiger partial charge in [-0.15, -0.1) is 0 Å². The van der Waals surface area contributed by atoms with E-state index in [1.165, 1.54) is 12.1 Å². The number of benzene rings is 1. The summed E-state index contributed by atoms with van der Waals surface area (Å²) in [6.45, 7) is 0. The lowest BCUT2D eigenvalue weighted by Crippen LogP contribution is -2.00. The summed E-state index contributed by atoms with van der Waals surface area (Å²) in [5, 5.41) is 0. The minimum Gasteiger partial charge on any atom is -0.207 e. The minimum absolute atomic E-state index is 0.0422. The Morgan fingerprint density at radius 2 is 2.00 bits per heavy atom. The van der Waals surface area contributed by atoms with E-state index in [0.29, 0.717) is 5.56 Å². The second-order valence-corrected chi connectivity index (χ2v) is 3.32. The number of hydrogen-bond acceptors (Lipinski definition) is 0. The Bertz CT molecular complexity index is 391. The van der Waals surface area contributed by atoms with Crippen LogP contribution in [0.2, 0.25) is 0 Å². The van der Waals surface area contributed by atoms with Crippen LogP contribution < -0.4 is 0 Å². The van der Waals surface area contributed by atoms with E-state index < -0.39 is 11.6 Å². The van der Waals surface area contributed by atoms with Crippen molar-refractivity contribution in [2.45, 2.75) is 12.3 Å². The summed E-state index contributed by atoms with van der Waals surface area (Å²) < 4.78 is 26.0. The molecular weight excluding hydrogens is 182 g/mol. The van der Waals surface area contributed by atoms with E-state index in [2.05, 4.69) is 0 Å². The molecule has 1 unspecified atom stereocenters. The van der Waals surface area contributed by atoms with Crippen LogP contribution in [0.25, 0.3) is 0 Å². The number of halogens is 2. The van der Waals surface area contributed by atoms with Gasteiger partial charge in [0.15, 0.2) is 0 Å². The highest BCUT2D eigenvalue weighted by atomic mass is 19.1. The van der Waals surface area contributed by atoms with Crippen LogP contribution in [0.5, 0.6) is 0 Å². The van der Waals surface area contributed by atoms with E-state index >= 15 is 0 Å². The van der Waals surface area contributed by atoms with E-state index in [0.717, 1.165) is 12.5 Å². The van der Waals surface area contributed by atoms with Gasteiger partial charge >= 0.3 is 0 Å². The molecule has 2 rings (SSSR count). The number of rotatable bonds is 1. The summed E-state index contributed by atoms with van der Waals surface area (Å²) in [7, 11) is 0. The third-order valence-corrected chi connectivity index (χ3v) is 2.34. The van der Waals surface area contributed by atoms with E-state index in [9.17, 15) is 8.78 Å². The highest BCUT2D eigenvalue weighted by Crippen LogP contribution is 2.26. The SMILES string of the molecule is Fc1ccc(C2C=CC=CC2)c(F)c1. The second-order valence-electron chi connectivity index (χ2n) is 3.32. The zero-order chi connectivity index (χ0) is 9.97. The van der Waals surface area contributed by atoms with E-state index in [4.69, 9.17) is 0 Å². The first-order valence-corrected chi connectivity index (χ1v) is 4.55. The Morgan fingerprint density at radius 1 is 1.14 bits per heavy atom. The average molecular weight is 192 g/mol. The largest absolute Gasteiger partial charge is 0.207 e. The summed E-state index contributed by atoms with van der Waals surface area (Å²) in [4.78, 5) is 0. The van der Waals surface area contributed by atoms with Gasteiger partial charge in [-0.3, -0.25) is 0 Å². The molecule has 2 heteroatoms. The summed E-state index contributed by atoms with van der Waals surface area (Å²) in [5.41, 5.74) is 0.562. The van der Waals surface area contributed by atoms with Gasteiger partial charge < -0.3 is 0 Å². The molecule has 0 spiro atoms. The molecule has 0 N–H and O–H groups in total. The Hall–Kier alpha value is -1.44. The molecule has 0 aliphatic heterocycles. The Kier molecular flexibility index (Phi) is 2.44. The maximum Gasteiger partial charge on any atom is 0.129 e. The van der Waals surface area contributed by atoms with Crippen molar-refractivity contribution >= 4 is 0 Å². The molecule has 72 valence electrons. The molecular formula is C12H10F2.